The number of amides is 2. The van der Waals surface area contributed by atoms with Gasteiger partial charge in [0, 0.05) is 63.6 Å². The fraction of sp³-hybridized carbons (Fsp3) is 0.184. The van der Waals surface area contributed by atoms with Crippen LogP contribution >= 0.6 is 47.8 Å². The molecule has 1 aliphatic rings. The Morgan fingerprint density at radius 2 is 1.12 bits per heavy atom. The van der Waals surface area contributed by atoms with Crippen molar-refractivity contribution in [2.45, 2.75) is 20.8 Å². The number of carbonyl (C=O) groups is 3. The maximum Gasteiger partial charge on any atom is 0.335 e. The highest BCUT2D eigenvalue weighted by atomic mass is 79.9. The van der Waals surface area contributed by atoms with Gasteiger partial charge < -0.3 is 24.2 Å². The van der Waals surface area contributed by atoms with Gasteiger partial charge in [-0.05, 0) is 121 Å². The summed E-state index contributed by atoms with van der Waals surface area (Å²) >= 11 is 8.91. The van der Waals surface area contributed by atoms with Crippen molar-refractivity contribution in [2.24, 2.45) is 0 Å². The van der Waals surface area contributed by atoms with Gasteiger partial charge >= 0.3 is 5.97 Å². The molecule has 0 spiro atoms. The van der Waals surface area contributed by atoms with Crippen molar-refractivity contribution in [3.63, 3.8) is 0 Å². The van der Waals surface area contributed by atoms with E-state index < -0.39 is 23.5 Å². The largest absolute Gasteiger partial charge is 0.478 e. The van der Waals surface area contributed by atoms with Gasteiger partial charge in [0.2, 0.25) is 29.5 Å². The minimum Gasteiger partial charge on any atom is -0.478 e. The van der Waals surface area contributed by atoms with Crippen LogP contribution in [0.15, 0.2) is 95.0 Å². The molecule has 3 heterocycles. The van der Waals surface area contributed by atoms with E-state index in [1.165, 1.54) is 43.3 Å². The fourth-order valence-electron chi connectivity index (χ4n) is 4.73. The summed E-state index contributed by atoms with van der Waals surface area (Å²) in [6.07, 6.45) is 0. The molecule has 4 aromatic carbocycles. The second-order valence-corrected chi connectivity index (χ2v) is 14.5. The van der Waals surface area contributed by atoms with Crippen LogP contribution < -0.4 is 21.1 Å². The second kappa shape index (κ2) is 22.0. The number of hydrogen-bond acceptors (Lipinski definition) is 11. The number of anilines is 1. The van der Waals surface area contributed by atoms with Gasteiger partial charge in [-0.1, -0.05) is 0 Å². The fourth-order valence-corrected chi connectivity index (χ4v) is 5.87. The number of aryl methyl sites for hydroxylation is 2. The van der Waals surface area contributed by atoms with Crippen LogP contribution in [0.3, 0.4) is 0 Å². The van der Waals surface area contributed by atoms with Crippen molar-refractivity contribution in [1.29, 1.82) is 0 Å². The van der Waals surface area contributed by atoms with E-state index >= 15 is 0 Å². The van der Waals surface area contributed by atoms with Crippen LogP contribution in [0, 0.1) is 37.1 Å². The number of benzene rings is 4. The lowest BCUT2D eigenvalue weighted by molar-refractivity contribution is -0.119. The molecule has 0 unspecified atom stereocenters. The summed E-state index contributed by atoms with van der Waals surface area (Å²) in [4.78, 5) is 34.2. The molecule has 0 saturated carbocycles. The zero-order valence-corrected chi connectivity index (χ0v) is 35.9. The van der Waals surface area contributed by atoms with Crippen molar-refractivity contribution in [2.75, 3.05) is 31.1 Å². The van der Waals surface area contributed by atoms with E-state index in [0.717, 1.165) is 43.9 Å². The summed E-state index contributed by atoms with van der Waals surface area (Å²) < 4.78 is 63.5. The normalized spacial score (nSPS) is 11.8. The van der Waals surface area contributed by atoms with Crippen molar-refractivity contribution in [3.05, 3.63) is 132 Å². The van der Waals surface area contributed by atoms with Crippen LogP contribution in [0.4, 0.5) is 23.2 Å². The number of carboxylic acid groups (broad SMARTS) is 1. The molecule has 0 atom stereocenters. The molecule has 2 amide bonds. The average Bonchev–Trinajstić information content (AvgIpc) is 3.86. The molecular weight excluding hydrogens is 980 g/mol. The summed E-state index contributed by atoms with van der Waals surface area (Å²) in [5.74, 6) is -1.60. The van der Waals surface area contributed by atoms with Gasteiger partial charge in [-0.15, -0.1) is 20.4 Å². The Bertz CT molecular complexity index is 2410. The highest BCUT2D eigenvalue weighted by Gasteiger charge is 2.17. The first-order chi connectivity index (χ1) is 28.0. The molecule has 14 nitrogen and oxygen atoms in total. The van der Waals surface area contributed by atoms with E-state index in [1.807, 2.05) is 4.90 Å². The Morgan fingerprint density at radius 3 is 1.58 bits per heavy atom. The molecule has 1 fully saturated rings. The predicted molar refractivity (Wildman–Crippen MR) is 218 cm³/mol. The van der Waals surface area contributed by atoms with Crippen molar-refractivity contribution in [1.82, 2.24) is 36.6 Å². The van der Waals surface area contributed by atoms with Gasteiger partial charge in [0.25, 0.3) is 5.91 Å². The van der Waals surface area contributed by atoms with Gasteiger partial charge in [0.15, 0.2) is 0 Å². The SMILES string of the molecule is CC(=O)NNC(=O)c1ccc(F)c(Br)c1.Cc1nnc(-c2ccc(F)c(Br)c2)o1.Cc1nnc(-c2ccc(F)c(N3CCNCC3)c2)o1.O=C(O)c1ccc(F)c(Br)c1. The van der Waals surface area contributed by atoms with Crippen LogP contribution in [0.2, 0.25) is 0 Å². The number of halogens is 7. The molecule has 1 aliphatic heterocycles. The molecule has 0 bridgehead atoms. The number of aromatic carboxylic acids is 1. The number of piperazine rings is 1. The highest BCUT2D eigenvalue weighted by molar-refractivity contribution is 9.11. The molecule has 310 valence electrons. The standard InChI is InChI=1S/C13H15FN4O.C9H8BrFN2O2.C9H6BrFN2O.C7H4BrFO2/c1-9-16-17-13(19-9)10-2-3-11(14)12(8-10)18-6-4-15-5-7-18;1-5(14)12-13-9(15)6-2-3-8(11)7(10)4-6;1-5-12-13-9(14-5)6-2-3-8(11)7(10)4-6;8-5-3-4(7(10)11)1-2-6(5)9/h2-3,8,15H,4-7H2,1H3;2-4H,1H3,(H,12,14)(H,13,15);2-4H,1H3;1-3H,(H,10,11). The topological polar surface area (TPSA) is 189 Å². The third-order valence-corrected chi connectivity index (χ3v) is 9.39. The summed E-state index contributed by atoms with van der Waals surface area (Å²) in [5, 5.41) is 27.0. The van der Waals surface area contributed by atoms with E-state index in [2.05, 4.69) is 84.4 Å². The number of hydrazine groups is 1. The number of carbonyl (C=O) groups excluding carboxylic acids is 2. The number of aromatic nitrogens is 4. The third kappa shape index (κ3) is 14.1. The first kappa shape index (κ1) is 46.2. The first-order valence-electron chi connectivity index (χ1n) is 17.0. The van der Waals surface area contributed by atoms with E-state index in [1.54, 1.807) is 38.1 Å². The number of carboxylic acids is 1. The Morgan fingerprint density at radius 1 is 0.661 bits per heavy atom. The van der Waals surface area contributed by atoms with Gasteiger partial charge in [0.05, 0.1) is 24.7 Å². The van der Waals surface area contributed by atoms with E-state index in [9.17, 15) is 31.9 Å². The van der Waals surface area contributed by atoms with Gasteiger partial charge in [0.1, 0.15) is 23.3 Å². The molecule has 0 aliphatic carbocycles. The highest BCUT2D eigenvalue weighted by Crippen LogP contribution is 2.27. The van der Waals surface area contributed by atoms with Gasteiger partial charge in [-0.3, -0.25) is 20.4 Å². The molecule has 7 rings (SSSR count). The second-order valence-electron chi connectivity index (χ2n) is 12.0. The van der Waals surface area contributed by atoms with Crippen LogP contribution in [-0.4, -0.2) is 69.5 Å². The Kier molecular flexibility index (Phi) is 17.2. The Hall–Kier alpha value is -5.51. The zero-order chi connectivity index (χ0) is 43.2. The average molecular weight is 1010 g/mol. The van der Waals surface area contributed by atoms with Crippen LogP contribution in [0.1, 0.15) is 39.4 Å². The monoisotopic (exact) mass is 1010 g/mol. The van der Waals surface area contributed by atoms with Crippen LogP contribution in [-0.2, 0) is 4.79 Å². The molecule has 59 heavy (non-hydrogen) atoms. The third-order valence-electron chi connectivity index (χ3n) is 7.57. The van der Waals surface area contributed by atoms with Gasteiger partial charge in [-0.2, -0.15) is 0 Å². The molecule has 6 aromatic rings. The van der Waals surface area contributed by atoms with E-state index in [4.69, 9.17) is 13.9 Å². The lowest BCUT2D eigenvalue weighted by Gasteiger charge is -2.29. The summed E-state index contributed by atoms with van der Waals surface area (Å²) in [5.41, 5.74) is 6.64. The van der Waals surface area contributed by atoms with Crippen molar-refractivity contribution in [3.8, 4) is 22.9 Å². The maximum absolute atomic E-state index is 13.9. The predicted octanol–water partition coefficient (Wildman–Crippen LogP) is 8.20. The summed E-state index contributed by atoms with van der Waals surface area (Å²) in [7, 11) is 0. The van der Waals surface area contributed by atoms with E-state index in [-0.39, 0.29) is 37.6 Å². The maximum atomic E-state index is 13.9. The van der Waals surface area contributed by atoms with Crippen LogP contribution in [0.5, 0.6) is 0 Å². The molecular formula is C38H33Br3F4N8O6. The quantitative estimate of drug-likeness (QED) is 0.0959. The molecule has 4 N–H and O–H groups in total. The minimum atomic E-state index is -1.06. The lowest BCUT2D eigenvalue weighted by Crippen LogP contribution is -2.43. The molecule has 21 heteroatoms. The first-order valence-corrected chi connectivity index (χ1v) is 19.4. The number of nitrogens with zero attached hydrogens (tertiary/aromatic N) is 5. The van der Waals surface area contributed by atoms with Crippen molar-refractivity contribution >= 4 is 71.3 Å². The summed E-state index contributed by atoms with van der Waals surface area (Å²) in [6.45, 7) is 8.02. The molecule has 0 radical (unpaired) electrons. The smallest absolute Gasteiger partial charge is 0.335 e. The number of hydrogen-bond donors (Lipinski definition) is 4. The van der Waals surface area contributed by atoms with Gasteiger partial charge in [-0.25, -0.2) is 22.4 Å². The number of nitrogens with one attached hydrogen (secondary N) is 3. The summed E-state index contributed by atoms with van der Waals surface area (Å²) in [6, 6.07) is 16.8. The lowest BCUT2D eigenvalue weighted by atomic mass is 10.1. The van der Waals surface area contributed by atoms with Crippen molar-refractivity contribution < 1.29 is 45.9 Å². The zero-order valence-electron chi connectivity index (χ0n) is 31.1. The van der Waals surface area contributed by atoms with Crippen LogP contribution in [0.25, 0.3) is 22.9 Å². The molecule has 1 saturated heterocycles. The number of rotatable bonds is 5. The Balaban J connectivity index is 0.000000177. The molecule has 2 aromatic heterocycles. The Labute approximate surface area is 359 Å². The van der Waals surface area contributed by atoms with E-state index in [0.29, 0.717) is 39.3 Å². The minimum absolute atomic E-state index is 0.0678.